The van der Waals surface area contributed by atoms with E-state index in [0.29, 0.717) is 13.2 Å². The Morgan fingerprint density at radius 3 is 2.95 bits per heavy atom. The molecule has 0 saturated carbocycles. The number of nitrogens with zero attached hydrogens (tertiary/aromatic N) is 3. The number of aryl methyl sites for hydroxylation is 1. The monoisotopic (exact) mass is 265 g/mol. The van der Waals surface area contributed by atoms with Gasteiger partial charge < -0.3 is 14.7 Å². The number of hydrogen-bond donors (Lipinski definition) is 1. The zero-order chi connectivity index (χ0) is 13.7. The van der Waals surface area contributed by atoms with Crippen LogP contribution in [0.2, 0.25) is 0 Å². The molecule has 1 aromatic heterocycles. The number of rotatable bonds is 6. The van der Waals surface area contributed by atoms with Gasteiger partial charge in [0.2, 0.25) is 0 Å². The van der Waals surface area contributed by atoms with Crippen molar-refractivity contribution in [1.82, 2.24) is 9.97 Å². The first-order valence-electron chi connectivity index (χ1n) is 6.50. The van der Waals surface area contributed by atoms with Crippen molar-refractivity contribution < 1.29 is 14.6 Å². The highest BCUT2D eigenvalue weighted by Crippen LogP contribution is 2.26. The highest BCUT2D eigenvalue weighted by molar-refractivity contribution is 5.73. The van der Waals surface area contributed by atoms with E-state index < -0.39 is 5.97 Å². The van der Waals surface area contributed by atoms with Crippen LogP contribution in [-0.4, -0.2) is 47.8 Å². The molecule has 0 aromatic carbocycles. The molecule has 0 fully saturated rings. The second kappa shape index (κ2) is 6.47. The Balaban J connectivity index is 2.26. The van der Waals surface area contributed by atoms with Crippen LogP contribution in [0, 0.1) is 0 Å². The molecule has 2 rings (SSSR count). The minimum absolute atomic E-state index is 0.0627. The van der Waals surface area contributed by atoms with Crippen molar-refractivity contribution in [1.29, 1.82) is 0 Å². The molecule has 0 saturated heterocycles. The SMILES string of the molecule is COCCN(CC(=O)O)c1ncnc2c1CCCC2. The molecule has 19 heavy (non-hydrogen) atoms. The smallest absolute Gasteiger partial charge is 0.323 e. The predicted molar refractivity (Wildman–Crippen MR) is 70.4 cm³/mol. The number of carboxylic acids is 1. The van der Waals surface area contributed by atoms with Crippen molar-refractivity contribution in [3.05, 3.63) is 17.6 Å². The molecular weight excluding hydrogens is 246 g/mol. The van der Waals surface area contributed by atoms with Crippen LogP contribution in [-0.2, 0) is 22.4 Å². The number of aliphatic carboxylic acids is 1. The Labute approximate surface area is 112 Å². The molecule has 1 aliphatic rings. The third-order valence-corrected chi connectivity index (χ3v) is 3.29. The predicted octanol–water partition coefficient (Wildman–Crippen LogP) is 0.893. The summed E-state index contributed by atoms with van der Waals surface area (Å²) in [6.07, 6.45) is 5.66. The number of hydrogen-bond acceptors (Lipinski definition) is 5. The van der Waals surface area contributed by atoms with E-state index in [1.54, 1.807) is 12.0 Å². The molecule has 1 N–H and O–H groups in total. The minimum atomic E-state index is -0.862. The molecule has 0 amide bonds. The van der Waals surface area contributed by atoms with Gasteiger partial charge in [-0.15, -0.1) is 0 Å². The number of aromatic nitrogens is 2. The summed E-state index contributed by atoms with van der Waals surface area (Å²) in [5, 5.41) is 9.02. The number of ether oxygens (including phenoxy) is 1. The lowest BCUT2D eigenvalue weighted by Gasteiger charge is -2.26. The molecule has 6 heteroatoms. The molecule has 104 valence electrons. The molecule has 0 unspecified atom stereocenters. The Bertz CT molecular complexity index is 451. The van der Waals surface area contributed by atoms with Gasteiger partial charge in [0.05, 0.1) is 6.61 Å². The first kappa shape index (κ1) is 13.7. The molecule has 0 atom stereocenters. The van der Waals surface area contributed by atoms with Gasteiger partial charge in [0.25, 0.3) is 0 Å². The summed E-state index contributed by atoms with van der Waals surface area (Å²) in [6, 6.07) is 0. The van der Waals surface area contributed by atoms with Crippen LogP contribution in [0.3, 0.4) is 0 Å². The molecule has 1 heterocycles. The Morgan fingerprint density at radius 2 is 2.21 bits per heavy atom. The van der Waals surface area contributed by atoms with Crippen molar-refractivity contribution in [3.63, 3.8) is 0 Å². The molecule has 1 aliphatic carbocycles. The maximum atomic E-state index is 11.0. The van der Waals surface area contributed by atoms with Crippen LogP contribution >= 0.6 is 0 Å². The fourth-order valence-electron chi connectivity index (χ4n) is 2.40. The lowest BCUT2D eigenvalue weighted by atomic mass is 9.96. The first-order chi connectivity index (χ1) is 9.22. The number of carbonyl (C=O) groups is 1. The van der Waals surface area contributed by atoms with Crippen LogP contribution in [0.5, 0.6) is 0 Å². The van der Waals surface area contributed by atoms with Crippen LogP contribution in [0.15, 0.2) is 6.33 Å². The van der Waals surface area contributed by atoms with Crippen molar-refractivity contribution >= 4 is 11.8 Å². The van der Waals surface area contributed by atoms with Crippen LogP contribution in [0.4, 0.5) is 5.82 Å². The van der Waals surface area contributed by atoms with Gasteiger partial charge in [0, 0.05) is 24.9 Å². The second-order valence-corrected chi connectivity index (χ2v) is 4.64. The summed E-state index contributed by atoms with van der Waals surface area (Å²) < 4.78 is 5.04. The van der Waals surface area contributed by atoms with Gasteiger partial charge in [-0.25, -0.2) is 9.97 Å². The third-order valence-electron chi connectivity index (χ3n) is 3.29. The molecular formula is C13H19N3O3. The second-order valence-electron chi connectivity index (χ2n) is 4.64. The van der Waals surface area contributed by atoms with E-state index in [4.69, 9.17) is 9.84 Å². The number of carboxylic acid groups (broad SMARTS) is 1. The number of anilines is 1. The van der Waals surface area contributed by atoms with Gasteiger partial charge in [-0.1, -0.05) is 0 Å². The van der Waals surface area contributed by atoms with Crippen molar-refractivity contribution in [2.24, 2.45) is 0 Å². The molecule has 0 radical (unpaired) electrons. The van der Waals surface area contributed by atoms with Crippen LogP contribution in [0.1, 0.15) is 24.1 Å². The molecule has 0 aliphatic heterocycles. The quantitative estimate of drug-likeness (QED) is 0.823. The Hall–Kier alpha value is -1.69. The van der Waals surface area contributed by atoms with E-state index in [1.165, 1.54) is 6.33 Å². The summed E-state index contributed by atoms with van der Waals surface area (Å²) >= 11 is 0. The van der Waals surface area contributed by atoms with E-state index in [1.807, 2.05) is 0 Å². The fourth-order valence-corrected chi connectivity index (χ4v) is 2.40. The van der Waals surface area contributed by atoms with Gasteiger partial charge in [-0.05, 0) is 25.7 Å². The average molecular weight is 265 g/mol. The van der Waals surface area contributed by atoms with E-state index >= 15 is 0 Å². The van der Waals surface area contributed by atoms with Gasteiger partial charge in [0.1, 0.15) is 18.7 Å². The van der Waals surface area contributed by atoms with Crippen LogP contribution in [0.25, 0.3) is 0 Å². The van der Waals surface area contributed by atoms with Crippen molar-refractivity contribution in [3.8, 4) is 0 Å². The highest BCUT2D eigenvalue weighted by Gasteiger charge is 2.21. The molecule has 0 spiro atoms. The maximum Gasteiger partial charge on any atom is 0.323 e. The summed E-state index contributed by atoms with van der Waals surface area (Å²) in [5.74, 6) is -0.108. The van der Waals surface area contributed by atoms with Crippen molar-refractivity contribution in [2.45, 2.75) is 25.7 Å². The first-order valence-corrected chi connectivity index (χ1v) is 6.50. The van der Waals surface area contributed by atoms with Crippen LogP contribution < -0.4 is 4.90 Å². The summed E-state index contributed by atoms with van der Waals surface area (Å²) in [4.78, 5) is 21.3. The lowest BCUT2D eigenvalue weighted by molar-refractivity contribution is -0.135. The minimum Gasteiger partial charge on any atom is -0.480 e. The summed E-state index contributed by atoms with van der Waals surface area (Å²) in [7, 11) is 1.61. The topological polar surface area (TPSA) is 75.5 Å². The van der Waals surface area contributed by atoms with E-state index in [2.05, 4.69) is 9.97 Å². The largest absolute Gasteiger partial charge is 0.480 e. The van der Waals surface area contributed by atoms with Gasteiger partial charge in [-0.3, -0.25) is 4.79 Å². The summed E-state index contributed by atoms with van der Waals surface area (Å²) in [6.45, 7) is 0.936. The van der Waals surface area contributed by atoms with E-state index in [0.717, 1.165) is 42.8 Å². The molecule has 0 bridgehead atoms. The number of fused-ring (bicyclic) bond motifs is 1. The zero-order valence-electron chi connectivity index (χ0n) is 11.1. The maximum absolute atomic E-state index is 11.0. The number of methoxy groups -OCH3 is 1. The molecule has 1 aromatic rings. The van der Waals surface area contributed by atoms with E-state index in [9.17, 15) is 4.79 Å². The standard InChI is InChI=1S/C13H19N3O3/c1-19-7-6-16(8-12(17)18)13-10-4-2-3-5-11(10)14-9-15-13/h9H,2-8H2,1H3,(H,17,18). The lowest BCUT2D eigenvalue weighted by Crippen LogP contribution is -2.34. The molecule has 6 nitrogen and oxygen atoms in total. The fraction of sp³-hybridized carbons (Fsp3) is 0.615. The Morgan fingerprint density at radius 1 is 1.42 bits per heavy atom. The highest BCUT2D eigenvalue weighted by atomic mass is 16.5. The van der Waals surface area contributed by atoms with Gasteiger partial charge in [-0.2, -0.15) is 0 Å². The summed E-state index contributed by atoms with van der Waals surface area (Å²) in [5.41, 5.74) is 2.16. The zero-order valence-corrected chi connectivity index (χ0v) is 11.1. The third kappa shape index (κ3) is 3.41. The van der Waals surface area contributed by atoms with Gasteiger partial charge >= 0.3 is 5.97 Å². The normalized spacial score (nSPS) is 13.9. The van der Waals surface area contributed by atoms with E-state index in [-0.39, 0.29) is 6.54 Å². The average Bonchev–Trinajstić information content (AvgIpc) is 2.42. The van der Waals surface area contributed by atoms with Crippen molar-refractivity contribution in [2.75, 3.05) is 31.7 Å². The Kier molecular flexibility index (Phi) is 4.68. The van der Waals surface area contributed by atoms with Gasteiger partial charge in [0.15, 0.2) is 0 Å².